The lowest BCUT2D eigenvalue weighted by Gasteiger charge is -2.22. The average Bonchev–Trinajstić information content (AvgIpc) is 2.97. The molecule has 160 valence electrons. The van der Waals surface area contributed by atoms with Gasteiger partial charge in [-0.15, -0.1) is 24.0 Å². The van der Waals surface area contributed by atoms with Crippen molar-refractivity contribution < 1.29 is 17.9 Å². The summed E-state index contributed by atoms with van der Waals surface area (Å²) in [6, 6.07) is 7.44. The van der Waals surface area contributed by atoms with E-state index in [4.69, 9.17) is 4.74 Å². The maximum Gasteiger partial charge on any atom is 0.422 e. The van der Waals surface area contributed by atoms with Gasteiger partial charge in [0.15, 0.2) is 12.6 Å². The SMILES string of the molecule is CN=C(NCc1cccc(OCC(F)(F)F)c1)NC1CN(C(C)C)CC1C.I. The topological polar surface area (TPSA) is 48.9 Å². The second-order valence-electron chi connectivity index (χ2n) is 7.25. The fourth-order valence-corrected chi connectivity index (χ4v) is 3.08. The largest absolute Gasteiger partial charge is 0.484 e. The molecular formula is C19H30F3IN4O. The Kier molecular flexibility index (Phi) is 9.82. The van der Waals surface area contributed by atoms with E-state index in [1.165, 1.54) is 6.07 Å². The van der Waals surface area contributed by atoms with Gasteiger partial charge in [0.2, 0.25) is 0 Å². The summed E-state index contributed by atoms with van der Waals surface area (Å²) in [5, 5.41) is 6.67. The van der Waals surface area contributed by atoms with E-state index in [-0.39, 0.29) is 29.7 Å². The first-order valence-electron chi connectivity index (χ1n) is 9.17. The van der Waals surface area contributed by atoms with Crippen LogP contribution in [-0.4, -0.2) is 55.9 Å². The standard InChI is InChI=1S/C19H29F3N4O.HI/c1-13(2)26-10-14(3)17(11-26)25-18(23-4)24-9-15-6-5-7-16(8-15)27-12-19(20,21)22;/h5-8,13-14,17H,9-12H2,1-4H3,(H2,23,24,25);1H. The summed E-state index contributed by atoms with van der Waals surface area (Å²) in [6.07, 6.45) is -4.35. The molecule has 28 heavy (non-hydrogen) atoms. The number of benzene rings is 1. The molecule has 1 aliphatic heterocycles. The van der Waals surface area contributed by atoms with Gasteiger partial charge in [0.25, 0.3) is 0 Å². The molecule has 2 rings (SSSR count). The molecule has 5 nitrogen and oxygen atoms in total. The van der Waals surface area contributed by atoms with Crippen molar-refractivity contribution in [2.24, 2.45) is 10.9 Å². The van der Waals surface area contributed by atoms with Crippen molar-refractivity contribution in [2.75, 3.05) is 26.7 Å². The second-order valence-corrected chi connectivity index (χ2v) is 7.25. The lowest BCUT2D eigenvalue weighted by molar-refractivity contribution is -0.153. The first-order chi connectivity index (χ1) is 12.7. The first-order valence-corrected chi connectivity index (χ1v) is 9.17. The van der Waals surface area contributed by atoms with Crippen LogP contribution in [0.2, 0.25) is 0 Å². The molecule has 1 fully saturated rings. The molecule has 0 amide bonds. The number of aliphatic imine (C=N–C) groups is 1. The number of rotatable bonds is 6. The van der Waals surface area contributed by atoms with Gasteiger partial charge < -0.3 is 15.4 Å². The summed E-state index contributed by atoms with van der Waals surface area (Å²) < 4.78 is 41.6. The summed E-state index contributed by atoms with van der Waals surface area (Å²) in [7, 11) is 1.71. The highest BCUT2D eigenvalue weighted by Gasteiger charge is 2.31. The second kappa shape index (κ2) is 11.1. The minimum atomic E-state index is -4.35. The minimum absolute atomic E-state index is 0. The number of ether oxygens (including phenoxy) is 1. The number of guanidine groups is 1. The van der Waals surface area contributed by atoms with Crippen molar-refractivity contribution in [3.63, 3.8) is 0 Å². The molecule has 2 N–H and O–H groups in total. The molecule has 0 aliphatic carbocycles. The van der Waals surface area contributed by atoms with E-state index in [9.17, 15) is 13.2 Å². The van der Waals surface area contributed by atoms with Gasteiger partial charge in [-0.2, -0.15) is 13.2 Å². The Morgan fingerprint density at radius 2 is 2.04 bits per heavy atom. The molecular weight excluding hydrogens is 484 g/mol. The Hall–Kier alpha value is -1.23. The Bertz CT molecular complexity index is 640. The Morgan fingerprint density at radius 3 is 2.61 bits per heavy atom. The number of halogens is 4. The summed E-state index contributed by atoms with van der Waals surface area (Å²) >= 11 is 0. The van der Waals surface area contributed by atoms with Crippen LogP contribution in [0.25, 0.3) is 0 Å². The fourth-order valence-electron chi connectivity index (χ4n) is 3.08. The van der Waals surface area contributed by atoms with Gasteiger partial charge in [0, 0.05) is 38.8 Å². The molecule has 9 heteroatoms. The normalized spacial score (nSPS) is 20.8. The van der Waals surface area contributed by atoms with Crippen LogP contribution in [0, 0.1) is 5.92 Å². The van der Waals surface area contributed by atoms with Crippen LogP contribution in [0.15, 0.2) is 29.3 Å². The van der Waals surface area contributed by atoms with Crippen molar-refractivity contribution >= 4 is 29.9 Å². The van der Waals surface area contributed by atoms with E-state index in [0.29, 0.717) is 30.5 Å². The number of likely N-dealkylation sites (tertiary alicyclic amines) is 1. The lowest BCUT2D eigenvalue weighted by atomic mass is 10.1. The summed E-state index contributed by atoms with van der Waals surface area (Å²) in [4.78, 5) is 6.69. The zero-order valence-corrected chi connectivity index (χ0v) is 19.0. The van der Waals surface area contributed by atoms with Gasteiger partial charge >= 0.3 is 6.18 Å². The zero-order valence-electron chi connectivity index (χ0n) is 16.7. The van der Waals surface area contributed by atoms with Crippen LogP contribution in [0.4, 0.5) is 13.2 Å². The smallest absolute Gasteiger partial charge is 0.422 e. The number of nitrogens with zero attached hydrogens (tertiary/aromatic N) is 2. The van der Waals surface area contributed by atoms with Crippen molar-refractivity contribution in [1.29, 1.82) is 0 Å². The quantitative estimate of drug-likeness (QED) is 0.346. The van der Waals surface area contributed by atoms with Gasteiger partial charge in [-0.05, 0) is 37.5 Å². The molecule has 1 aromatic rings. The molecule has 0 spiro atoms. The van der Waals surface area contributed by atoms with E-state index >= 15 is 0 Å². The molecule has 1 aliphatic rings. The summed E-state index contributed by atoms with van der Waals surface area (Å²) in [5.41, 5.74) is 0.820. The predicted octanol–water partition coefficient (Wildman–Crippen LogP) is 3.64. The number of hydrogen-bond acceptors (Lipinski definition) is 3. The lowest BCUT2D eigenvalue weighted by Crippen LogP contribution is -2.46. The average molecular weight is 514 g/mol. The fraction of sp³-hybridized carbons (Fsp3) is 0.632. The molecule has 0 radical (unpaired) electrons. The highest BCUT2D eigenvalue weighted by molar-refractivity contribution is 14.0. The van der Waals surface area contributed by atoms with Crippen LogP contribution in [0.3, 0.4) is 0 Å². The molecule has 0 saturated carbocycles. The molecule has 1 heterocycles. The number of alkyl halides is 3. The van der Waals surface area contributed by atoms with E-state index in [0.717, 1.165) is 18.7 Å². The van der Waals surface area contributed by atoms with Gasteiger partial charge in [-0.3, -0.25) is 9.89 Å². The van der Waals surface area contributed by atoms with Gasteiger partial charge in [-0.25, -0.2) is 0 Å². The van der Waals surface area contributed by atoms with Crippen LogP contribution < -0.4 is 15.4 Å². The summed E-state index contributed by atoms with van der Waals surface area (Å²) in [6.45, 7) is 7.75. The first kappa shape index (κ1) is 24.8. The maximum absolute atomic E-state index is 12.3. The number of nitrogens with one attached hydrogen (secondary N) is 2. The van der Waals surface area contributed by atoms with Crippen molar-refractivity contribution in [1.82, 2.24) is 15.5 Å². The van der Waals surface area contributed by atoms with E-state index in [2.05, 4.69) is 41.3 Å². The molecule has 2 atom stereocenters. The van der Waals surface area contributed by atoms with E-state index < -0.39 is 12.8 Å². The van der Waals surface area contributed by atoms with E-state index in [1.807, 2.05) is 6.07 Å². The molecule has 2 unspecified atom stereocenters. The van der Waals surface area contributed by atoms with Crippen molar-refractivity contribution in [2.45, 2.75) is 45.6 Å². The predicted molar refractivity (Wildman–Crippen MR) is 116 cm³/mol. The number of hydrogen-bond donors (Lipinski definition) is 2. The zero-order chi connectivity index (χ0) is 20.0. The molecule has 1 aromatic carbocycles. The third kappa shape index (κ3) is 8.02. The highest BCUT2D eigenvalue weighted by atomic mass is 127. The Morgan fingerprint density at radius 1 is 1.32 bits per heavy atom. The Labute approximate surface area is 182 Å². The summed E-state index contributed by atoms with van der Waals surface area (Å²) in [5.74, 6) is 1.38. The van der Waals surface area contributed by atoms with Crippen LogP contribution >= 0.6 is 24.0 Å². The van der Waals surface area contributed by atoms with Gasteiger partial charge in [0.05, 0.1) is 0 Å². The van der Waals surface area contributed by atoms with Crippen LogP contribution in [-0.2, 0) is 6.54 Å². The van der Waals surface area contributed by atoms with Gasteiger partial charge in [-0.1, -0.05) is 19.1 Å². The molecule has 0 bridgehead atoms. The highest BCUT2D eigenvalue weighted by Crippen LogP contribution is 2.20. The van der Waals surface area contributed by atoms with Crippen molar-refractivity contribution in [3.05, 3.63) is 29.8 Å². The third-order valence-corrected chi connectivity index (χ3v) is 4.68. The van der Waals surface area contributed by atoms with Crippen molar-refractivity contribution in [3.8, 4) is 5.75 Å². The Balaban J connectivity index is 0.00000392. The minimum Gasteiger partial charge on any atom is -0.484 e. The van der Waals surface area contributed by atoms with Crippen LogP contribution in [0.5, 0.6) is 5.75 Å². The van der Waals surface area contributed by atoms with Gasteiger partial charge in [0.1, 0.15) is 5.75 Å². The molecule has 0 aromatic heterocycles. The van der Waals surface area contributed by atoms with E-state index in [1.54, 1.807) is 19.2 Å². The van der Waals surface area contributed by atoms with Crippen LogP contribution in [0.1, 0.15) is 26.3 Å². The third-order valence-electron chi connectivity index (χ3n) is 4.68. The molecule has 1 saturated heterocycles. The monoisotopic (exact) mass is 514 g/mol. The maximum atomic E-state index is 12.3.